The normalized spacial score (nSPS) is 16.0. The van der Waals surface area contributed by atoms with Crippen LogP contribution in [0.15, 0.2) is 52.8 Å². The molecule has 1 atom stereocenters. The van der Waals surface area contributed by atoms with E-state index in [1.54, 1.807) is 0 Å². The zero-order chi connectivity index (χ0) is 22.8. The van der Waals surface area contributed by atoms with Gasteiger partial charge in [-0.25, -0.2) is 4.68 Å². The second kappa shape index (κ2) is 8.94. The largest absolute Gasteiger partial charge is 0.489 e. The molecule has 0 radical (unpaired) electrons. The van der Waals surface area contributed by atoms with Crippen LogP contribution in [0.3, 0.4) is 0 Å². The summed E-state index contributed by atoms with van der Waals surface area (Å²) in [5.74, 6) is 0.572. The van der Waals surface area contributed by atoms with E-state index in [1.165, 1.54) is 5.01 Å². The molecule has 7 nitrogen and oxygen atoms in total. The van der Waals surface area contributed by atoms with Crippen molar-refractivity contribution in [3.05, 3.63) is 70.5 Å². The van der Waals surface area contributed by atoms with Crippen molar-refractivity contribution >= 4 is 11.6 Å². The van der Waals surface area contributed by atoms with E-state index in [0.29, 0.717) is 13.2 Å². The summed E-state index contributed by atoms with van der Waals surface area (Å²) in [5.41, 5.74) is 6.92. The second-order valence-electron chi connectivity index (χ2n) is 8.31. The van der Waals surface area contributed by atoms with Crippen LogP contribution in [0.1, 0.15) is 41.9 Å². The van der Waals surface area contributed by atoms with Gasteiger partial charge in [-0.3, -0.25) is 4.79 Å². The number of hydrogen-bond acceptors (Lipinski definition) is 5. The van der Waals surface area contributed by atoms with Crippen molar-refractivity contribution in [3.8, 4) is 11.4 Å². The molecule has 1 aromatic heterocycles. The van der Waals surface area contributed by atoms with Crippen molar-refractivity contribution in [3.63, 3.8) is 0 Å². The van der Waals surface area contributed by atoms with Gasteiger partial charge < -0.3 is 4.74 Å². The predicted molar refractivity (Wildman–Crippen MR) is 124 cm³/mol. The molecule has 0 saturated carbocycles. The van der Waals surface area contributed by atoms with Crippen LogP contribution in [-0.2, 0) is 17.8 Å². The molecule has 1 unspecified atom stereocenters. The van der Waals surface area contributed by atoms with Crippen molar-refractivity contribution in [1.29, 1.82) is 0 Å². The molecule has 0 bridgehead atoms. The number of amides is 1. The van der Waals surface area contributed by atoms with Crippen LogP contribution in [-0.4, -0.2) is 22.2 Å². The topological polar surface area (TPSA) is 72.1 Å². The number of aromatic nitrogens is 2. The van der Waals surface area contributed by atoms with Crippen molar-refractivity contribution in [2.75, 3.05) is 11.6 Å². The number of hydrogen-bond donors (Lipinski definition) is 0. The molecule has 1 amide bonds. The molecular formula is C25H29N5O2. The molecule has 0 fully saturated rings. The fourth-order valence-electron chi connectivity index (χ4n) is 4.00. The fourth-order valence-corrected chi connectivity index (χ4v) is 4.00. The number of anilines is 1. The highest BCUT2D eigenvalue weighted by molar-refractivity contribution is 5.95. The molecule has 1 aliphatic rings. The van der Waals surface area contributed by atoms with Crippen LogP contribution >= 0.6 is 0 Å². The van der Waals surface area contributed by atoms with Gasteiger partial charge in [-0.2, -0.15) is 15.2 Å². The fraction of sp³-hybridized carbons (Fsp3) is 0.360. The van der Waals surface area contributed by atoms with Crippen LogP contribution in [0, 0.1) is 26.7 Å². The SMILES string of the molecule is CCc1cccc(N2N=NCC(C)C2=O)c1COc1ccc(-n2nc(C)cc2C)cc1C. The summed E-state index contributed by atoms with van der Waals surface area (Å²) in [5, 5.41) is 14.2. The maximum Gasteiger partial charge on any atom is 0.253 e. The molecule has 2 aromatic carbocycles. The molecule has 3 aromatic rings. The number of nitrogens with zero attached hydrogens (tertiary/aromatic N) is 5. The van der Waals surface area contributed by atoms with E-state index in [0.717, 1.165) is 51.6 Å². The Morgan fingerprint density at radius 3 is 2.62 bits per heavy atom. The summed E-state index contributed by atoms with van der Waals surface area (Å²) in [6.07, 6.45) is 0.830. The summed E-state index contributed by atoms with van der Waals surface area (Å²) in [6, 6.07) is 14.0. The number of ether oxygens (including phenoxy) is 1. The number of carbonyl (C=O) groups excluding carboxylic acids is 1. The first-order valence-electron chi connectivity index (χ1n) is 11.0. The van der Waals surface area contributed by atoms with Crippen LogP contribution in [0.4, 0.5) is 5.69 Å². The van der Waals surface area contributed by atoms with Gasteiger partial charge >= 0.3 is 0 Å². The predicted octanol–water partition coefficient (Wildman–Crippen LogP) is 5.29. The summed E-state index contributed by atoms with van der Waals surface area (Å²) in [4.78, 5) is 12.7. The summed E-state index contributed by atoms with van der Waals surface area (Å²) >= 11 is 0. The summed E-state index contributed by atoms with van der Waals surface area (Å²) in [6.45, 7) is 10.8. The lowest BCUT2D eigenvalue weighted by atomic mass is 10.0. The van der Waals surface area contributed by atoms with E-state index >= 15 is 0 Å². The number of carbonyl (C=O) groups is 1. The Bertz CT molecular complexity index is 1180. The van der Waals surface area contributed by atoms with Gasteiger partial charge in [-0.1, -0.05) is 31.2 Å². The third-order valence-corrected chi connectivity index (χ3v) is 5.78. The molecule has 0 saturated heterocycles. The Hall–Kier alpha value is -3.48. The standard InChI is InChI=1S/C25H29N5O2/c1-6-20-8-7-9-23(30-25(31)17(3)14-26-28-30)22(20)15-32-24-11-10-21(12-16(24)2)29-19(5)13-18(4)27-29/h7-13,17H,6,14-15H2,1-5H3. The maximum atomic E-state index is 12.7. The third-order valence-electron chi connectivity index (χ3n) is 5.78. The Morgan fingerprint density at radius 2 is 1.94 bits per heavy atom. The van der Waals surface area contributed by atoms with Gasteiger partial charge in [0, 0.05) is 11.3 Å². The smallest absolute Gasteiger partial charge is 0.253 e. The van der Waals surface area contributed by atoms with Gasteiger partial charge in [0.25, 0.3) is 5.91 Å². The minimum absolute atomic E-state index is 0.0417. The molecule has 32 heavy (non-hydrogen) atoms. The molecule has 2 heterocycles. The van der Waals surface area contributed by atoms with Gasteiger partial charge in [-0.05, 0) is 68.7 Å². The average molecular weight is 432 g/mol. The quantitative estimate of drug-likeness (QED) is 0.532. The summed E-state index contributed by atoms with van der Waals surface area (Å²) in [7, 11) is 0. The van der Waals surface area contributed by atoms with Crippen LogP contribution in [0.25, 0.3) is 5.69 Å². The number of aryl methyl sites for hydroxylation is 4. The molecule has 0 spiro atoms. The van der Waals surface area contributed by atoms with Gasteiger partial charge in [0.1, 0.15) is 12.4 Å². The van der Waals surface area contributed by atoms with E-state index < -0.39 is 0 Å². The average Bonchev–Trinajstić information content (AvgIpc) is 3.12. The monoisotopic (exact) mass is 431 g/mol. The van der Waals surface area contributed by atoms with Gasteiger partial charge in [0.15, 0.2) is 0 Å². The number of benzene rings is 2. The highest BCUT2D eigenvalue weighted by Gasteiger charge is 2.28. The van der Waals surface area contributed by atoms with Crippen molar-refractivity contribution in [1.82, 2.24) is 9.78 Å². The van der Waals surface area contributed by atoms with Crippen LogP contribution < -0.4 is 9.75 Å². The highest BCUT2D eigenvalue weighted by atomic mass is 16.5. The molecule has 166 valence electrons. The molecule has 4 rings (SSSR count). The lowest BCUT2D eigenvalue weighted by Gasteiger charge is -2.26. The van der Waals surface area contributed by atoms with Gasteiger partial charge in [0.2, 0.25) is 0 Å². The first-order chi connectivity index (χ1) is 15.4. The Balaban J connectivity index is 1.61. The third kappa shape index (κ3) is 4.15. The maximum absolute atomic E-state index is 12.7. The summed E-state index contributed by atoms with van der Waals surface area (Å²) < 4.78 is 8.18. The second-order valence-corrected chi connectivity index (χ2v) is 8.31. The zero-order valence-electron chi connectivity index (χ0n) is 19.3. The van der Waals surface area contributed by atoms with E-state index in [4.69, 9.17) is 4.74 Å². The number of rotatable bonds is 6. The molecule has 1 aliphatic heterocycles. The lowest BCUT2D eigenvalue weighted by Crippen LogP contribution is -2.35. The Labute approximate surface area is 188 Å². The van der Waals surface area contributed by atoms with E-state index in [1.807, 2.05) is 56.6 Å². The van der Waals surface area contributed by atoms with Gasteiger partial charge in [0.05, 0.1) is 29.5 Å². The first-order valence-corrected chi connectivity index (χ1v) is 11.0. The van der Waals surface area contributed by atoms with Crippen LogP contribution in [0.5, 0.6) is 5.75 Å². The van der Waals surface area contributed by atoms with E-state index in [-0.39, 0.29) is 11.8 Å². The molecular weight excluding hydrogens is 402 g/mol. The lowest BCUT2D eigenvalue weighted by molar-refractivity contribution is -0.122. The minimum atomic E-state index is -0.185. The zero-order valence-corrected chi connectivity index (χ0v) is 19.3. The van der Waals surface area contributed by atoms with Crippen molar-refractivity contribution in [2.45, 2.75) is 47.6 Å². The first kappa shape index (κ1) is 21.7. The Kier molecular flexibility index (Phi) is 6.08. The van der Waals surface area contributed by atoms with Crippen LogP contribution in [0.2, 0.25) is 0 Å². The van der Waals surface area contributed by atoms with Crippen molar-refractivity contribution in [2.24, 2.45) is 16.3 Å². The highest BCUT2D eigenvalue weighted by Crippen LogP contribution is 2.30. The van der Waals surface area contributed by atoms with E-state index in [2.05, 4.69) is 40.6 Å². The van der Waals surface area contributed by atoms with Crippen molar-refractivity contribution < 1.29 is 9.53 Å². The molecule has 0 aliphatic carbocycles. The minimum Gasteiger partial charge on any atom is -0.489 e. The Morgan fingerprint density at radius 1 is 1.12 bits per heavy atom. The molecule has 0 N–H and O–H groups in total. The van der Waals surface area contributed by atoms with Gasteiger partial charge in [-0.15, -0.1) is 0 Å². The molecule has 7 heteroatoms. The van der Waals surface area contributed by atoms with E-state index in [9.17, 15) is 4.79 Å².